The van der Waals surface area contributed by atoms with Gasteiger partial charge in [0.2, 0.25) is 0 Å². The Balaban J connectivity index is 2.60. The summed E-state index contributed by atoms with van der Waals surface area (Å²) in [5.41, 5.74) is 2.01. The highest BCUT2D eigenvalue weighted by atomic mass is 35.5. The van der Waals surface area contributed by atoms with Crippen LogP contribution in [-0.2, 0) is 0 Å². The molecule has 0 aliphatic rings. The number of alkyl halides is 1. The summed E-state index contributed by atoms with van der Waals surface area (Å²) in [6.07, 6.45) is 1.60. The number of nitrogens with zero attached hydrogens (tertiary/aromatic N) is 2. The average Bonchev–Trinajstić information content (AvgIpc) is 2.27. The molecule has 78 valence electrons. The van der Waals surface area contributed by atoms with Crippen LogP contribution in [0.3, 0.4) is 0 Å². The number of fused-ring (bicyclic) bond motifs is 1. The molecule has 3 heteroatoms. The lowest BCUT2D eigenvalue weighted by Gasteiger charge is -2.14. The van der Waals surface area contributed by atoms with Crippen LogP contribution in [0, 0.1) is 0 Å². The summed E-state index contributed by atoms with van der Waals surface area (Å²) in [7, 11) is 0. The zero-order valence-corrected chi connectivity index (χ0v) is 9.57. The fourth-order valence-electron chi connectivity index (χ4n) is 1.61. The molecule has 0 bridgehead atoms. The SMILES string of the molecule is CC(Cl)C(C)c1ncnc2ccccc12. The molecule has 2 atom stereocenters. The summed E-state index contributed by atoms with van der Waals surface area (Å²) >= 11 is 6.10. The van der Waals surface area contributed by atoms with Crippen LogP contribution >= 0.6 is 11.6 Å². The van der Waals surface area contributed by atoms with Crippen molar-refractivity contribution in [1.29, 1.82) is 0 Å². The summed E-state index contributed by atoms with van der Waals surface area (Å²) in [5.74, 6) is 0.236. The van der Waals surface area contributed by atoms with Crippen molar-refractivity contribution in [1.82, 2.24) is 9.97 Å². The second-order valence-electron chi connectivity index (χ2n) is 3.74. The zero-order chi connectivity index (χ0) is 10.8. The molecule has 0 saturated carbocycles. The maximum absolute atomic E-state index is 6.10. The van der Waals surface area contributed by atoms with Crippen LogP contribution in [0.2, 0.25) is 0 Å². The minimum absolute atomic E-state index is 0.0725. The Labute approximate surface area is 94.3 Å². The third-order valence-corrected chi connectivity index (χ3v) is 3.07. The monoisotopic (exact) mass is 220 g/mol. The largest absolute Gasteiger partial charge is 0.240 e. The predicted molar refractivity (Wildman–Crippen MR) is 63.3 cm³/mol. The van der Waals surface area contributed by atoms with Gasteiger partial charge in [-0.15, -0.1) is 11.6 Å². The molecule has 0 aliphatic carbocycles. The second-order valence-corrected chi connectivity index (χ2v) is 4.43. The van der Waals surface area contributed by atoms with Crippen molar-refractivity contribution in [2.45, 2.75) is 25.1 Å². The molecule has 1 heterocycles. The molecule has 0 saturated heterocycles. The first-order valence-corrected chi connectivity index (χ1v) is 5.47. The Kier molecular flexibility index (Phi) is 2.87. The van der Waals surface area contributed by atoms with E-state index in [0.717, 1.165) is 16.6 Å². The van der Waals surface area contributed by atoms with Gasteiger partial charge in [-0.25, -0.2) is 9.97 Å². The summed E-state index contributed by atoms with van der Waals surface area (Å²) in [6, 6.07) is 8.02. The van der Waals surface area contributed by atoms with Crippen molar-refractivity contribution in [2.75, 3.05) is 0 Å². The number of aromatic nitrogens is 2. The number of hydrogen-bond acceptors (Lipinski definition) is 2. The van der Waals surface area contributed by atoms with Gasteiger partial charge in [0.15, 0.2) is 0 Å². The zero-order valence-electron chi connectivity index (χ0n) is 8.81. The molecule has 1 aromatic heterocycles. The van der Waals surface area contributed by atoms with Crippen LogP contribution in [0.4, 0.5) is 0 Å². The Morgan fingerprint density at radius 2 is 1.87 bits per heavy atom. The quantitative estimate of drug-likeness (QED) is 0.726. The van der Waals surface area contributed by atoms with E-state index in [2.05, 4.69) is 16.9 Å². The molecule has 2 nitrogen and oxygen atoms in total. The van der Waals surface area contributed by atoms with Gasteiger partial charge in [-0.05, 0) is 13.0 Å². The van der Waals surface area contributed by atoms with E-state index in [0.29, 0.717) is 0 Å². The van der Waals surface area contributed by atoms with Crippen LogP contribution < -0.4 is 0 Å². The Hall–Kier alpha value is -1.15. The second kappa shape index (κ2) is 4.15. The molecule has 2 unspecified atom stereocenters. The lowest BCUT2D eigenvalue weighted by Crippen LogP contribution is -2.08. The first-order chi connectivity index (χ1) is 7.20. The number of para-hydroxylation sites is 1. The predicted octanol–water partition coefficient (Wildman–Crippen LogP) is 3.36. The summed E-state index contributed by atoms with van der Waals surface area (Å²) in [5, 5.41) is 1.17. The van der Waals surface area contributed by atoms with Crippen LogP contribution in [0.1, 0.15) is 25.5 Å². The first kappa shape index (κ1) is 10.4. The van der Waals surface area contributed by atoms with Gasteiger partial charge in [0, 0.05) is 16.7 Å². The molecule has 15 heavy (non-hydrogen) atoms. The fourth-order valence-corrected chi connectivity index (χ4v) is 1.73. The van der Waals surface area contributed by atoms with Crippen molar-refractivity contribution in [3.63, 3.8) is 0 Å². The Morgan fingerprint density at radius 3 is 2.60 bits per heavy atom. The van der Waals surface area contributed by atoms with E-state index < -0.39 is 0 Å². The highest BCUT2D eigenvalue weighted by molar-refractivity contribution is 6.21. The lowest BCUT2D eigenvalue weighted by molar-refractivity contribution is 0.721. The van der Waals surface area contributed by atoms with Crippen molar-refractivity contribution in [2.24, 2.45) is 0 Å². The van der Waals surface area contributed by atoms with Gasteiger partial charge < -0.3 is 0 Å². The van der Waals surface area contributed by atoms with E-state index in [4.69, 9.17) is 11.6 Å². The van der Waals surface area contributed by atoms with Crippen LogP contribution in [-0.4, -0.2) is 15.3 Å². The van der Waals surface area contributed by atoms with E-state index in [-0.39, 0.29) is 11.3 Å². The van der Waals surface area contributed by atoms with Gasteiger partial charge in [0.05, 0.1) is 11.2 Å². The summed E-state index contributed by atoms with van der Waals surface area (Å²) in [6.45, 7) is 4.08. The van der Waals surface area contributed by atoms with Gasteiger partial charge in [-0.2, -0.15) is 0 Å². The third-order valence-electron chi connectivity index (χ3n) is 2.69. The minimum atomic E-state index is 0.0725. The minimum Gasteiger partial charge on any atom is -0.240 e. The van der Waals surface area contributed by atoms with Crippen LogP contribution in [0.15, 0.2) is 30.6 Å². The third kappa shape index (κ3) is 1.95. The van der Waals surface area contributed by atoms with Crippen LogP contribution in [0.5, 0.6) is 0 Å². The van der Waals surface area contributed by atoms with Crippen molar-refractivity contribution in [3.8, 4) is 0 Å². The molecule has 0 spiro atoms. The molecule has 0 radical (unpaired) electrons. The van der Waals surface area contributed by atoms with E-state index in [1.54, 1.807) is 6.33 Å². The normalized spacial score (nSPS) is 15.1. The summed E-state index contributed by atoms with van der Waals surface area (Å²) in [4.78, 5) is 8.56. The highest BCUT2D eigenvalue weighted by Gasteiger charge is 2.15. The van der Waals surface area contributed by atoms with E-state index in [1.165, 1.54) is 0 Å². The molecular weight excluding hydrogens is 208 g/mol. The molecule has 0 fully saturated rings. The smallest absolute Gasteiger partial charge is 0.116 e. The average molecular weight is 221 g/mol. The Bertz CT molecular complexity index is 463. The van der Waals surface area contributed by atoms with E-state index in [9.17, 15) is 0 Å². The molecule has 2 aromatic rings. The topological polar surface area (TPSA) is 25.8 Å². The molecule has 2 rings (SSSR count). The maximum Gasteiger partial charge on any atom is 0.116 e. The van der Waals surface area contributed by atoms with Crippen molar-refractivity contribution >= 4 is 22.5 Å². The molecule has 0 amide bonds. The lowest BCUT2D eigenvalue weighted by atomic mass is 10.00. The van der Waals surface area contributed by atoms with Crippen LogP contribution in [0.25, 0.3) is 10.9 Å². The number of hydrogen-bond donors (Lipinski definition) is 0. The maximum atomic E-state index is 6.10. The van der Waals surface area contributed by atoms with Gasteiger partial charge >= 0.3 is 0 Å². The van der Waals surface area contributed by atoms with Gasteiger partial charge in [0.1, 0.15) is 6.33 Å². The molecule has 1 aromatic carbocycles. The van der Waals surface area contributed by atoms with Crippen molar-refractivity contribution in [3.05, 3.63) is 36.3 Å². The molecule has 0 aliphatic heterocycles. The molecular formula is C12H13ClN2. The van der Waals surface area contributed by atoms with E-state index in [1.807, 2.05) is 31.2 Å². The first-order valence-electron chi connectivity index (χ1n) is 5.04. The van der Waals surface area contributed by atoms with E-state index >= 15 is 0 Å². The highest BCUT2D eigenvalue weighted by Crippen LogP contribution is 2.26. The standard InChI is InChI=1S/C12H13ClN2/c1-8(9(2)13)12-10-5-3-4-6-11(10)14-7-15-12/h3-9H,1-2H3. The number of benzene rings is 1. The van der Waals surface area contributed by atoms with Gasteiger partial charge in [-0.1, -0.05) is 25.1 Å². The number of halogens is 1. The van der Waals surface area contributed by atoms with Gasteiger partial charge in [-0.3, -0.25) is 0 Å². The summed E-state index contributed by atoms with van der Waals surface area (Å²) < 4.78 is 0. The number of rotatable bonds is 2. The molecule has 0 N–H and O–H groups in total. The van der Waals surface area contributed by atoms with Gasteiger partial charge in [0.25, 0.3) is 0 Å². The Morgan fingerprint density at radius 1 is 1.13 bits per heavy atom. The fraction of sp³-hybridized carbons (Fsp3) is 0.333. The van der Waals surface area contributed by atoms with Crippen molar-refractivity contribution < 1.29 is 0 Å².